The van der Waals surface area contributed by atoms with Gasteiger partial charge >= 0.3 is 0 Å². The Morgan fingerprint density at radius 1 is 0.960 bits per heavy atom. The number of hydrogen-bond donors (Lipinski definition) is 0. The Kier molecular flexibility index (Phi) is 3.89. The lowest BCUT2D eigenvalue weighted by Crippen LogP contribution is -1.99. The molecule has 0 amide bonds. The number of allylic oxidation sites excluding steroid dienone is 1. The minimum atomic E-state index is 0.126. The van der Waals surface area contributed by atoms with Gasteiger partial charge in [-0.2, -0.15) is 0 Å². The molecule has 0 radical (unpaired) electrons. The largest absolute Gasteiger partial charge is 0.318 e. The van der Waals surface area contributed by atoms with Crippen molar-refractivity contribution in [3.8, 4) is 5.69 Å². The Morgan fingerprint density at radius 3 is 2.40 bits per heavy atom. The van der Waals surface area contributed by atoms with Gasteiger partial charge in [-0.25, -0.2) is 0 Å². The molecule has 3 aromatic rings. The van der Waals surface area contributed by atoms with Crippen LogP contribution in [0.1, 0.15) is 32.9 Å². The van der Waals surface area contributed by atoms with Gasteiger partial charge in [0.15, 0.2) is 0 Å². The summed E-state index contributed by atoms with van der Waals surface area (Å²) in [5.41, 5.74) is 6.63. The summed E-state index contributed by atoms with van der Waals surface area (Å²) in [6, 6.07) is 18.5. The fourth-order valence-corrected chi connectivity index (χ4v) is 4.34. The van der Waals surface area contributed by atoms with Crippen molar-refractivity contribution in [2.45, 2.75) is 25.7 Å². The molecule has 1 aliphatic rings. The maximum absolute atomic E-state index is 12.6. The molecule has 0 fully saturated rings. The Morgan fingerprint density at radius 2 is 1.68 bits per heavy atom. The van der Waals surface area contributed by atoms with E-state index in [1.54, 1.807) is 11.8 Å². The van der Waals surface area contributed by atoms with Gasteiger partial charge in [-0.3, -0.25) is 4.79 Å². The van der Waals surface area contributed by atoms with E-state index < -0.39 is 0 Å². The van der Waals surface area contributed by atoms with Crippen LogP contribution in [-0.2, 0) is 0 Å². The van der Waals surface area contributed by atoms with Crippen molar-refractivity contribution in [2.24, 2.45) is 0 Å². The summed E-state index contributed by atoms with van der Waals surface area (Å²) >= 11 is 1.56. The van der Waals surface area contributed by atoms with Crippen molar-refractivity contribution in [3.05, 3.63) is 87.6 Å². The number of thioether (sulfide) groups is 1. The van der Waals surface area contributed by atoms with E-state index in [0.29, 0.717) is 0 Å². The van der Waals surface area contributed by atoms with Crippen LogP contribution in [0.2, 0.25) is 0 Å². The molecule has 0 saturated heterocycles. The van der Waals surface area contributed by atoms with Crippen molar-refractivity contribution in [3.63, 3.8) is 0 Å². The van der Waals surface area contributed by atoms with Gasteiger partial charge in [-0.05, 0) is 62.7 Å². The summed E-state index contributed by atoms with van der Waals surface area (Å²) in [4.78, 5) is 14.5. The van der Waals surface area contributed by atoms with E-state index in [1.807, 2.05) is 30.3 Å². The number of aromatic nitrogens is 1. The fourth-order valence-electron chi connectivity index (χ4n) is 3.30. The second-order valence-electron chi connectivity index (χ2n) is 6.43. The number of nitrogens with zero attached hydrogens (tertiary/aromatic N) is 1. The second kappa shape index (κ2) is 6.08. The second-order valence-corrected chi connectivity index (χ2v) is 7.52. The number of fused-ring (bicyclic) bond motifs is 1. The van der Waals surface area contributed by atoms with E-state index in [1.165, 1.54) is 11.3 Å². The first kappa shape index (κ1) is 16.0. The quantitative estimate of drug-likeness (QED) is 0.553. The summed E-state index contributed by atoms with van der Waals surface area (Å²) in [5.74, 6) is 0.126. The van der Waals surface area contributed by atoms with Crippen molar-refractivity contribution in [2.75, 3.05) is 0 Å². The average molecular weight is 345 g/mol. The van der Waals surface area contributed by atoms with Gasteiger partial charge in [0.2, 0.25) is 5.78 Å². The maximum atomic E-state index is 12.6. The van der Waals surface area contributed by atoms with Gasteiger partial charge in [0.05, 0.1) is 4.91 Å². The molecule has 0 spiro atoms. The number of Topliss-reactive ketones (excluding diaryl/α,β-unsaturated/α-hetero) is 1. The smallest absolute Gasteiger partial charge is 0.200 e. The van der Waals surface area contributed by atoms with Crippen molar-refractivity contribution >= 4 is 23.6 Å². The summed E-state index contributed by atoms with van der Waals surface area (Å²) < 4.78 is 2.24. The Balaban J connectivity index is 1.75. The van der Waals surface area contributed by atoms with Crippen LogP contribution in [0.4, 0.5) is 0 Å². The molecule has 1 aliphatic heterocycles. The molecule has 0 N–H and O–H groups in total. The van der Waals surface area contributed by atoms with Gasteiger partial charge < -0.3 is 4.57 Å². The molecule has 124 valence electrons. The summed E-state index contributed by atoms with van der Waals surface area (Å²) in [5, 5.41) is 0. The monoisotopic (exact) mass is 345 g/mol. The molecule has 2 aromatic carbocycles. The van der Waals surface area contributed by atoms with E-state index >= 15 is 0 Å². The van der Waals surface area contributed by atoms with Crippen LogP contribution in [0, 0.1) is 20.8 Å². The lowest BCUT2D eigenvalue weighted by Gasteiger charge is -2.10. The third-order valence-corrected chi connectivity index (χ3v) is 5.72. The van der Waals surface area contributed by atoms with Crippen molar-refractivity contribution < 1.29 is 4.79 Å². The van der Waals surface area contributed by atoms with Gasteiger partial charge in [0.1, 0.15) is 0 Å². The zero-order chi connectivity index (χ0) is 17.6. The third kappa shape index (κ3) is 2.75. The molecule has 3 heteroatoms. The highest BCUT2D eigenvalue weighted by Gasteiger charge is 2.25. The van der Waals surface area contributed by atoms with Crippen LogP contribution in [0.15, 0.2) is 64.4 Å². The number of ketones is 1. The predicted octanol–water partition coefficient (Wildman–Crippen LogP) is 5.73. The minimum absolute atomic E-state index is 0.126. The zero-order valence-corrected chi connectivity index (χ0v) is 15.4. The normalized spacial score (nSPS) is 15.0. The molecule has 4 rings (SSSR count). The molecule has 2 nitrogen and oxygen atoms in total. The highest BCUT2D eigenvalue weighted by molar-refractivity contribution is 8.04. The van der Waals surface area contributed by atoms with Gasteiger partial charge in [-0.15, -0.1) is 0 Å². The fraction of sp³-hybridized carbons (Fsp3) is 0.136. The number of rotatable bonds is 2. The summed E-state index contributed by atoms with van der Waals surface area (Å²) in [6.07, 6.45) is 2.03. The van der Waals surface area contributed by atoms with Crippen LogP contribution in [0.25, 0.3) is 11.8 Å². The van der Waals surface area contributed by atoms with Crippen molar-refractivity contribution in [1.82, 2.24) is 4.57 Å². The molecular formula is C22H19NOS. The van der Waals surface area contributed by atoms with Crippen LogP contribution < -0.4 is 0 Å². The lowest BCUT2D eigenvalue weighted by atomic mass is 10.1. The number of carbonyl (C=O) groups is 1. The molecule has 0 unspecified atom stereocenters. The molecule has 2 heterocycles. The van der Waals surface area contributed by atoms with Crippen molar-refractivity contribution in [1.29, 1.82) is 0 Å². The first-order valence-electron chi connectivity index (χ1n) is 8.34. The van der Waals surface area contributed by atoms with Crippen LogP contribution in [0.3, 0.4) is 0 Å². The molecule has 1 aromatic heterocycles. The topological polar surface area (TPSA) is 22.0 Å². The van der Waals surface area contributed by atoms with Gasteiger partial charge in [-0.1, -0.05) is 41.6 Å². The van der Waals surface area contributed by atoms with E-state index in [9.17, 15) is 4.79 Å². The molecular weight excluding hydrogens is 326 g/mol. The molecule has 0 aliphatic carbocycles. The highest BCUT2D eigenvalue weighted by Crippen LogP contribution is 2.41. The SMILES string of the molecule is Cc1ccc(-n2c(C)cc(/C=C3/Sc4ccccc4C3=O)c2C)cc1. The number of benzene rings is 2. The Bertz CT molecular complexity index is 1010. The minimum Gasteiger partial charge on any atom is -0.318 e. The highest BCUT2D eigenvalue weighted by atomic mass is 32.2. The van der Waals surface area contributed by atoms with E-state index in [2.05, 4.69) is 55.7 Å². The average Bonchev–Trinajstić information content (AvgIpc) is 3.06. The standard InChI is InChI=1S/C22H19NOS/c1-14-8-10-18(11-9-14)23-15(2)12-17(16(23)3)13-21-22(24)19-6-4-5-7-20(19)25-21/h4-13H,1-3H3/b21-13+. The van der Waals surface area contributed by atoms with E-state index in [-0.39, 0.29) is 5.78 Å². The third-order valence-electron chi connectivity index (χ3n) is 4.62. The van der Waals surface area contributed by atoms with E-state index in [0.717, 1.165) is 32.3 Å². The first-order chi connectivity index (χ1) is 12.0. The Hall–Kier alpha value is -2.52. The molecule has 0 atom stereocenters. The molecule has 0 bridgehead atoms. The number of aryl methyl sites for hydroxylation is 2. The molecule has 25 heavy (non-hydrogen) atoms. The summed E-state index contributed by atoms with van der Waals surface area (Å²) in [7, 11) is 0. The Labute approximate surface area is 152 Å². The van der Waals surface area contributed by atoms with Gasteiger partial charge in [0, 0.05) is 27.5 Å². The van der Waals surface area contributed by atoms with Gasteiger partial charge in [0.25, 0.3) is 0 Å². The predicted molar refractivity (Wildman–Crippen MR) is 105 cm³/mol. The first-order valence-corrected chi connectivity index (χ1v) is 9.15. The maximum Gasteiger partial charge on any atom is 0.200 e. The number of carbonyl (C=O) groups excluding carboxylic acids is 1. The number of hydrogen-bond acceptors (Lipinski definition) is 2. The van der Waals surface area contributed by atoms with Crippen LogP contribution in [-0.4, -0.2) is 10.4 Å². The van der Waals surface area contributed by atoms with Crippen LogP contribution in [0.5, 0.6) is 0 Å². The molecule has 0 saturated carbocycles. The zero-order valence-electron chi connectivity index (χ0n) is 14.5. The van der Waals surface area contributed by atoms with E-state index in [4.69, 9.17) is 0 Å². The lowest BCUT2D eigenvalue weighted by molar-refractivity contribution is 0.104. The van der Waals surface area contributed by atoms with Crippen LogP contribution >= 0.6 is 11.8 Å². The summed E-state index contributed by atoms with van der Waals surface area (Å²) in [6.45, 7) is 6.30.